The van der Waals surface area contributed by atoms with E-state index in [1.165, 1.54) is 6.08 Å². The molecule has 1 fully saturated rings. The molecule has 2 heterocycles. The Bertz CT molecular complexity index is 968. The molecule has 0 aromatic rings. The van der Waals surface area contributed by atoms with Crippen molar-refractivity contribution in [2.75, 3.05) is 0 Å². The fourth-order valence-corrected chi connectivity index (χ4v) is 5.42. The van der Waals surface area contributed by atoms with Crippen LogP contribution in [0.15, 0.2) is 59.8 Å². The van der Waals surface area contributed by atoms with Crippen molar-refractivity contribution in [2.45, 2.75) is 92.5 Å². The summed E-state index contributed by atoms with van der Waals surface area (Å²) in [6, 6.07) is 0. The zero-order chi connectivity index (χ0) is 27.8. The lowest BCUT2D eigenvalue weighted by molar-refractivity contribution is -0.143. The maximum absolute atomic E-state index is 13.1. The van der Waals surface area contributed by atoms with Crippen LogP contribution in [0.5, 0.6) is 0 Å². The van der Waals surface area contributed by atoms with E-state index >= 15 is 0 Å². The van der Waals surface area contributed by atoms with Gasteiger partial charge in [0, 0.05) is 30.3 Å². The van der Waals surface area contributed by atoms with E-state index in [0.717, 1.165) is 30.3 Å². The molecule has 0 unspecified atom stereocenters. The van der Waals surface area contributed by atoms with Gasteiger partial charge in [0.05, 0.1) is 11.7 Å². The molecule has 5 heteroatoms. The summed E-state index contributed by atoms with van der Waals surface area (Å²) in [5.41, 5.74) is 1.73. The van der Waals surface area contributed by atoms with Crippen LogP contribution in [-0.2, 0) is 23.9 Å². The molecule has 5 nitrogen and oxygen atoms in total. The highest BCUT2D eigenvalue weighted by Crippen LogP contribution is 2.40. The normalized spacial score (nSPS) is 31.5. The number of hydrogen-bond acceptors (Lipinski definition) is 5. The van der Waals surface area contributed by atoms with E-state index in [1.54, 1.807) is 0 Å². The number of ether oxygens (including phenoxy) is 2. The molecule has 1 saturated heterocycles. The van der Waals surface area contributed by atoms with Gasteiger partial charge >= 0.3 is 5.97 Å². The van der Waals surface area contributed by atoms with Crippen LogP contribution in [0.4, 0.5) is 0 Å². The number of carbonyl (C=O) groups excluding carboxylic acids is 3. The molecular weight excluding hydrogens is 464 g/mol. The predicted octanol–water partition coefficient (Wildman–Crippen LogP) is 6.75. The molecule has 0 N–H and O–H groups in total. The highest BCUT2D eigenvalue weighted by Gasteiger charge is 2.45. The zero-order valence-electron chi connectivity index (χ0n) is 23.9. The van der Waals surface area contributed by atoms with Crippen molar-refractivity contribution in [2.24, 2.45) is 29.6 Å². The van der Waals surface area contributed by atoms with Gasteiger partial charge in [0.25, 0.3) is 0 Å². The average molecular weight is 511 g/mol. The molecular formula is C32H46O5. The maximum atomic E-state index is 13.1. The first-order valence-electron chi connectivity index (χ1n) is 13.6. The third-order valence-corrected chi connectivity index (χ3v) is 7.44. The molecule has 0 amide bonds. The van der Waals surface area contributed by atoms with E-state index in [0.29, 0.717) is 12.3 Å². The van der Waals surface area contributed by atoms with Gasteiger partial charge < -0.3 is 14.3 Å². The van der Waals surface area contributed by atoms with Gasteiger partial charge in [-0.15, -0.1) is 0 Å². The van der Waals surface area contributed by atoms with Gasteiger partial charge in [-0.25, -0.2) is 4.79 Å². The molecule has 0 spiro atoms. The maximum Gasteiger partial charge on any atom is 0.331 e. The quantitative estimate of drug-likeness (QED) is 0.165. The van der Waals surface area contributed by atoms with Crippen molar-refractivity contribution in [3.63, 3.8) is 0 Å². The summed E-state index contributed by atoms with van der Waals surface area (Å²) in [5.74, 6) is 0.222. The smallest absolute Gasteiger partial charge is 0.331 e. The Morgan fingerprint density at radius 3 is 2.49 bits per heavy atom. The van der Waals surface area contributed by atoms with Crippen molar-refractivity contribution in [3.05, 3.63) is 59.8 Å². The largest absolute Gasteiger partial charge is 0.454 e. The van der Waals surface area contributed by atoms with Crippen LogP contribution in [-0.4, -0.2) is 35.8 Å². The summed E-state index contributed by atoms with van der Waals surface area (Å²) >= 11 is 0. The van der Waals surface area contributed by atoms with E-state index in [9.17, 15) is 14.4 Å². The number of aldehydes is 1. The highest BCUT2D eigenvalue weighted by molar-refractivity contribution is 5.85. The minimum Gasteiger partial charge on any atom is -0.454 e. The monoisotopic (exact) mass is 510 g/mol. The molecule has 2 aliphatic heterocycles. The lowest BCUT2D eigenvalue weighted by atomic mass is 9.83. The second-order valence-corrected chi connectivity index (χ2v) is 11.5. The van der Waals surface area contributed by atoms with Crippen molar-refractivity contribution < 1.29 is 23.9 Å². The van der Waals surface area contributed by atoms with Gasteiger partial charge in [-0.3, -0.25) is 4.79 Å². The second kappa shape index (κ2) is 13.9. The minimum absolute atomic E-state index is 0.154. The Kier molecular flexibility index (Phi) is 11.5. The Morgan fingerprint density at radius 1 is 1.14 bits per heavy atom. The van der Waals surface area contributed by atoms with E-state index < -0.39 is 5.60 Å². The fourth-order valence-electron chi connectivity index (χ4n) is 5.42. The van der Waals surface area contributed by atoms with Gasteiger partial charge in [-0.2, -0.15) is 0 Å². The first kappa shape index (κ1) is 30.7. The number of cyclic esters (lactones) is 1. The lowest BCUT2D eigenvalue weighted by Crippen LogP contribution is -2.34. The van der Waals surface area contributed by atoms with Crippen molar-refractivity contribution in [1.29, 1.82) is 0 Å². The van der Waals surface area contributed by atoms with E-state index in [4.69, 9.17) is 9.47 Å². The molecule has 0 aliphatic carbocycles. The molecule has 0 bridgehead atoms. The van der Waals surface area contributed by atoms with Crippen LogP contribution in [0.3, 0.4) is 0 Å². The number of Topliss-reactive ketones (excluding diaryl/α,β-unsaturated/α-hetero) is 1. The standard InChI is InChI=1S/C32H46O5/c1-21(18-23(3)12-14-28-24(4)13-15-29(34)36-28)10-9-11-22(2)19-25(5)30(35)27(7)31-26(6)20-32(8,37-31)16-17-33/h9,11-15,17-19,21,24-28,31H,10,16,20H2,1-8H3/b11-9+,14-12+,22-19+,23-18-/t21-,24+,25-,26+,27-,28+,31+,32-/m1/s1. The van der Waals surface area contributed by atoms with Crippen LogP contribution < -0.4 is 0 Å². The molecule has 2 aliphatic rings. The number of ketones is 1. The summed E-state index contributed by atoms with van der Waals surface area (Å²) in [4.78, 5) is 35.6. The minimum atomic E-state index is -0.462. The third kappa shape index (κ3) is 9.37. The molecule has 0 saturated carbocycles. The lowest BCUT2D eigenvalue weighted by Gasteiger charge is -2.26. The van der Waals surface area contributed by atoms with Crippen LogP contribution in [0.2, 0.25) is 0 Å². The number of esters is 1. The van der Waals surface area contributed by atoms with Crippen LogP contribution >= 0.6 is 0 Å². The van der Waals surface area contributed by atoms with Crippen LogP contribution in [0, 0.1) is 29.6 Å². The van der Waals surface area contributed by atoms with Gasteiger partial charge in [-0.05, 0) is 51.5 Å². The van der Waals surface area contributed by atoms with E-state index in [1.807, 2.05) is 58.9 Å². The second-order valence-electron chi connectivity index (χ2n) is 11.5. The predicted molar refractivity (Wildman–Crippen MR) is 149 cm³/mol. The van der Waals surface area contributed by atoms with Crippen molar-refractivity contribution >= 4 is 18.0 Å². The summed E-state index contributed by atoms with van der Waals surface area (Å²) in [7, 11) is 0. The van der Waals surface area contributed by atoms with Gasteiger partial charge in [-0.1, -0.05) is 82.2 Å². The highest BCUT2D eigenvalue weighted by atomic mass is 16.5. The summed E-state index contributed by atoms with van der Waals surface area (Å²) < 4.78 is 11.6. The molecule has 0 aromatic carbocycles. The Hall–Kier alpha value is -2.53. The molecule has 0 aromatic heterocycles. The molecule has 8 atom stereocenters. The summed E-state index contributed by atoms with van der Waals surface area (Å²) in [5, 5.41) is 0. The van der Waals surface area contributed by atoms with Crippen LogP contribution in [0.1, 0.15) is 74.7 Å². The summed E-state index contributed by atoms with van der Waals surface area (Å²) in [6.07, 6.45) is 18.4. The molecule has 204 valence electrons. The molecule has 2 rings (SSSR count). The van der Waals surface area contributed by atoms with E-state index in [2.05, 4.69) is 39.0 Å². The topological polar surface area (TPSA) is 69.7 Å². The zero-order valence-corrected chi connectivity index (χ0v) is 23.9. The SMILES string of the molecule is CC(=C/[C@H](C)C/C=C/C(C)=C/[C@@H](C)C(=O)[C@@H](C)[C@H]1O[C@](C)(CC=O)C[C@@H]1C)/C=C/[C@@H]1OC(=O)C=C[C@@H]1C. The van der Waals surface area contributed by atoms with E-state index in [-0.39, 0.29) is 47.6 Å². The molecule has 0 radical (unpaired) electrons. The number of allylic oxidation sites excluding steroid dienone is 7. The average Bonchev–Trinajstić information content (AvgIpc) is 3.12. The van der Waals surface area contributed by atoms with Gasteiger partial charge in [0.1, 0.15) is 18.2 Å². The van der Waals surface area contributed by atoms with Crippen molar-refractivity contribution in [1.82, 2.24) is 0 Å². The Balaban J connectivity index is 1.88. The van der Waals surface area contributed by atoms with Gasteiger partial charge in [0.15, 0.2) is 0 Å². The van der Waals surface area contributed by atoms with Gasteiger partial charge in [0.2, 0.25) is 0 Å². The first-order valence-corrected chi connectivity index (χ1v) is 13.6. The number of rotatable bonds is 12. The number of carbonyl (C=O) groups is 3. The fraction of sp³-hybridized carbons (Fsp3) is 0.594. The third-order valence-electron chi connectivity index (χ3n) is 7.44. The first-order chi connectivity index (χ1) is 17.3. The number of hydrogen-bond donors (Lipinski definition) is 0. The van der Waals surface area contributed by atoms with Crippen LogP contribution in [0.25, 0.3) is 0 Å². The Morgan fingerprint density at radius 2 is 1.81 bits per heavy atom. The molecule has 37 heavy (non-hydrogen) atoms. The van der Waals surface area contributed by atoms with Crippen molar-refractivity contribution in [3.8, 4) is 0 Å². The Labute approximate surface area is 223 Å². The summed E-state index contributed by atoms with van der Waals surface area (Å²) in [6.45, 7) is 16.2.